The highest BCUT2D eigenvalue weighted by Crippen LogP contribution is 2.24. The number of aliphatic hydroxyl groups is 1. The standard InChI is InChI=1S/C22H28F2N6O4S/c23-22(24)35(33,34)18-4-2-1-3-17(18)21(32)30-13-11-29(12-14-30)20-6-5-19(25-26-20)28-9-7-27(8-10-28)15-16-31/h1-6,22,31H,7-16H2. The molecule has 4 rings (SSSR count). The maximum Gasteiger partial charge on any atom is 0.341 e. The number of hydrogen-bond donors (Lipinski definition) is 1. The molecule has 13 heteroatoms. The Balaban J connectivity index is 1.36. The van der Waals surface area contributed by atoms with Crippen molar-refractivity contribution in [2.75, 3.05) is 75.3 Å². The third-order valence-corrected chi connectivity index (χ3v) is 7.74. The molecule has 2 fully saturated rings. The Bertz CT molecular complexity index is 1120. The molecular weight excluding hydrogens is 482 g/mol. The van der Waals surface area contributed by atoms with Crippen molar-refractivity contribution < 1.29 is 27.1 Å². The van der Waals surface area contributed by atoms with Crippen molar-refractivity contribution in [3.63, 3.8) is 0 Å². The number of aromatic nitrogens is 2. The molecule has 2 saturated heterocycles. The van der Waals surface area contributed by atoms with Crippen LogP contribution in [0.1, 0.15) is 10.4 Å². The third kappa shape index (κ3) is 5.52. The first-order valence-corrected chi connectivity index (χ1v) is 12.9. The van der Waals surface area contributed by atoms with Crippen LogP contribution in [0.4, 0.5) is 20.4 Å². The van der Waals surface area contributed by atoms with Gasteiger partial charge in [0.1, 0.15) is 0 Å². The van der Waals surface area contributed by atoms with E-state index >= 15 is 0 Å². The molecular formula is C22H28F2N6O4S. The van der Waals surface area contributed by atoms with E-state index in [4.69, 9.17) is 5.11 Å². The van der Waals surface area contributed by atoms with Crippen molar-refractivity contribution in [2.45, 2.75) is 10.7 Å². The highest BCUT2D eigenvalue weighted by atomic mass is 32.2. The predicted molar refractivity (Wildman–Crippen MR) is 126 cm³/mol. The Hall–Kier alpha value is -2.90. The summed E-state index contributed by atoms with van der Waals surface area (Å²) in [5, 5.41) is 17.8. The molecule has 1 aromatic carbocycles. The average Bonchev–Trinajstić information content (AvgIpc) is 2.89. The average molecular weight is 511 g/mol. The fourth-order valence-electron chi connectivity index (χ4n) is 4.29. The van der Waals surface area contributed by atoms with Crippen molar-refractivity contribution in [2.24, 2.45) is 0 Å². The number of nitrogens with zero attached hydrogens (tertiary/aromatic N) is 6. The molecule has 1 N–H and O–H groups in total. The van der Waals surface area contributed by atoms with Gasteiger partial charge >= 0.3 is 5.76 Å². The number of aliphatic hydroxyl groups excluding tert-OH is 1. The third-order valence-electron chi connectivity index (χ3n) is 6.30. The number of sulfone groups is 1. The summed E-state index contributed by atoms with van der Waals surface area (Å²) in [7, 11) is -4.89. The molecule has 35 heavy (non-hydrogen) atoms. The number of carbonyl (C=O) groups excluding carboxylic acids is 1. The summed E-state index contributed by atoms with van der Waals surface area (Å²) in [5.74, 6) is -2.74. The summed E-state index contributed by atoms with van der Waals surface area (Å²) in [6.07, 6.45) is 0. The Morgan fingerprint density at radius 1 is 0.886 bits per heavy atom. The van der Waals surface area contributed by atoms with E-state index in [9.17, 15) is 22.0 Å². The van der Waals surface area contributed by atoms with E-state index in [1.54, 1.807) is 0 Å². The number of rotatable bonds is 7. The van der Waals surface area contributed by atoms with Gasteiger partial charge in [0.25, 0.3) is 5.91 Å². The summed E-state index contributed by atoms with van der Waals surface area (Å²) in [6.45, 7) is 5.59. The minimum absolute atomic E-state index is 0.147. The van der Waals surface area contributed by atoms with Crippen LogP contribution < -0.4 is 9.80 Å². The first-order valence-electron chi connectivity index (χ1n) is 11.4. The van der Waals surface area contributed by atoms with Gasteiger partial charge in [-0.3, -0.25) is 9.69 Å². The molecule has 0 saturated carbocycles. The van der Waals surface area contributed by atoms with Gasteiger partial charge in [0.05, 0.1) is 17.1 Å². The number of amides is 1. The van der Waals surface area contributed by atoms with Gasteiger partial charge in [0, 0.05) is 58.9 Å². The van der Waals surface area contributed by atoms with Crippen LogP contribution in [0.25, 0.3) is 0 Å². The second-order valence-corrected chi connectivity index (χ2v) is 10.3. The second kappa shape index (κ2) is 10.8. The predicted octanol–water partition coefficient (Wildman–Crippen LogP) is 0.550. The van der Waals surface area contributed by atoms with Crippen LogP contribution >= 0.6 is 0 Å². The van der Waals surface area contributed by atoms with Crippen LogP contribution in [-0.2, 0) is 9.84 Å². The maximum absolute atomic E-state index is 13.1. The van der Waals surface area contributed by atoms with Gasteiger partial charge in [-0.25, -0.2) is 8.42 Å². The smallest absolute Gasteiger partial charge is 0.341 e. The van der Waals surface area contributed by atoms with Gasteiger partial charge in [-0.1, -0.05) is 12.1 Å². The number of piperazine rings is 2. The molecule has 0 aliphatic carbocycles. The Labute approximate surface area is 202 Å². The van der Waals surface area contributed by atoms with E-state index in [0.717, 1.165) is 38.1 Å². The number of carbonyl (C=O) groups is 1. The summed E-state index contributed by atoms with van der Waals surface area (Å²) >= 11 is 0. The van der Waals surface area contributed by atoms with Crippen LogP contribution in [-0.4, -0.2) is 111 Å². The highest BCUT2D eigenvalue weighted by Gasteiger charge is 2.33. The van der Waals surface area contributed by atoms with Gasteiger partial charge in [-0.15, -0.1) is 10.2 Å². The Morgan fingerprint density at radius 3 is 1.94 bits per heavy atom. The molecule has 0 bridgehead atoms. The van der Waals surface area contributed by atoms with E-state index in [0.29, 0.717) is 25.5 Å². The van der Waals surface area contributed by atoms with E-state index in [-0.39, 0.29) is 25.3 Å². The molecule has 190 valence electrons. The zero-order chi connectivity index (χ0) is 25.0. The van der Waals surface area contributed by atoms with Crippen LogP contribution in [0.15, 0.2) is 41.3 Å². The monoisotopic (exact) mass is 510 g/mol. The van der Waals surface area contributed by atoms with Crippen LogP contribution in [0.2, 0.25) is 0 Å². The number of β-amino-alcohol motifs (C(OH)–C–C–N with tert-alkyl or cyclic N) is 1. The molecule has 0 spiro atoms. The van der Waals surface area contributed by atoms with Crippen LogP contribution in [0.3, 0.4) is 0 Å². The quantitative estimate of drug-likeness (QED) is 0.571. The fraction of sp³-hybridized carbons (Fsp3) is 0.500. The lowest BCUT2D eigenvalue weighted by molar-refractivity contribution is 0.0742. The Morgan fingerprint density at radius 2 is 1.43 bits per heavy atom. The van der Waals surface area contributed by atoms with Crippen molar-refractivity contribution in [3.05, 3.63) is 42.0 Å². The van der Waals surface area contributed by atoms with E-state index < -0.39 is 26.4 Å². The minimum Gasteiger partial charge on any atom is -0.395 e. The van der Waals surface area contributed by atoms with Crippen LogP contribution in [0, 0.1) is 0 Å². The molecule has 0 atom stereocenters. The molecule has 10 nitrogen and oxygen atoms in total. The molecule has 2 aliphatic rings. The number of benzene rings is 1. The largest absolute Gasteiger partial charge is 0.395 e. The lowest BCUT2D eigenvalue weighted by atomic mass is 10.2. The number of halogens is 2. The van der Waals surface area contributed by atoms with Gasteiger partial charge in [-0.05, 0) is 24.3 Å². The van der Waals surface area contributed by atoms with Crippen molar-refractivity contribution in [1.29, 1.82) is 0 Å². The second-order valence-electron chi connectivity index (χ2n) is 8.38. The summed E-state index contributed by atoms with van der Waals surface area (Å²) in [4.78, 5) is 20.1. The molecule has 2 aromatic rings. The zero-order valence-electron chi connectivity index (χ0n) is 19.1. The van der Waals surface area contributed by atoms with Crippen molar-refractivity contribution >= 4 is 27.4 Å². The SMILES string of the molecule is O=C(c1ccccc1S(=O)(=O)C(F)F)N1CCN(c2ccc(N3CCN(CCO)CC3)nn2)CC1. The topological polar surface area (TPSA) is 110 Å². The number of anilines is 2. The van der Waals surface area contributed by atoms with Gasteiger partial charge in [0.2, 0.25) is 9.84 Å². The van der Waals surface area contributed by atoms with Gasteiger partial charge in [-0.2, -0.15) is 8.78 Å². The van der Waals surface area contributed by atoms with E-state index in [1.807, 2.05) is 17.0 Å². The van der Waals surface area contributed by atoms with Crippen LogP contribution in [0.5, 0.6) is 0 Å². The normalized spacial score (nSPS) is 17.8. The lowest BCUT2D eigenvalue weighted by Gasteiger charge is -2.36. The molecule has 1 amide bonds. The number of alkyl halides is 2. The number of hydrogen-bond acceptors (Lipinski definition) is 9. The summed E-state index contributed by atoms with van der Waals surface area (Å²) in [6, 6.07) is 8.86. The first-order chi connectivity index (χ1) is 16.8. The van der Waals surface area contributed by atoms with Crippen molar-refractivity contribution in [1.82, 2.24) is 20.0 Å². The van der Waals surface area contributed by atoms with E-state index in [1.165, 1.54) is 23.1 Å². The fourth-order valence-corrected chi connectivity index (χ4v) is 5.22. The van der Waals surface area contributed by atoms with Gasteiger partial charge < -0.3 is 19.8 Å². The minimum atomic E-state index is -4.89. The molecule has 0 unspecified atom stereocenters. The van der Waals surface area contributed by atoms with E-state index in [2.05, 4.69) is 20.0 Å². The first kappa shape index (κ1) is 25.2. The molecule has 2 aliphatic heterocycles. The zero-order valence-corrected chi connectivity index (χ0v) is 19.9. The molecule has 1 aromatic heterocycles. The molecule has 0 radical (unpaired) electrons. The summed E-state index contributed by atoms with van der Waals surface area (Å²) in [5.41, 5.74) is -0.246. The van der Waals surface area contributed by atoms with Crippen molar-refractivity contribution in [3.8, 4) is 0 Å². The highest BCUT2D eigenvalue weighted by molar-refractivity contribution is 7.91. The lowest BCUT2D eigenvalue weighted by Crippen LogP contribution is -2.49. The maximum atomic E-state index is 13.1. The Kier molecular flexibility index (Phi) is 7.77. The summed E-state index contributed by atoms with van der Waals surface area (Å²) < 4.78 is 50.2. The molecule has 3 heterocycles. The van der Waals surface area contributed by atoms with Gasteiger partial charge in [0.15, 0.2) is 11.6 Å².